The van der Waals surface area contributed by atoms with E-state index in [1.807, 2.05) is 37.3 Å². The van der Waals surface area contributed by atoms with E-state index in [2.05, 4.69) is 32.0 Å². The van der Waals surface area contributed by atoms with E-state index in [0.717, 1.165) is 20.8 Å². The lowest BCUT2D eigenvalue weighted by atomic mass is 10.1. The molecule has 2 aromatic carbocycles. The van der Waals surface area contributed by atoms with Gasteiger partial charge in [0.25, 0.3) is 0 Å². The van der Waals surface area contributed by atoms with E-state index >= 15 is 0 Å². The minimum Gasteiger partial charge on any atom is -0.437 e. The molecule has 3 aromatic rings. The summed E-state index contributed by atoms with van der Waals surface area (Å²) in [4.78, 5) is 8.04. The van der Waals surface area contributed by atoms with Crippen molar-refractivity contribution < 1.29 is 4.74 Å². The molecule has 2 N–H and O–H groups in total. The average molecular weight is 330 g/mol. The van der Waals surface area contributed by atoms with Crippen molar-refractivity contribution in [1.29, 1.82) is 0 Å². The molecule has 0 amide bonds. The highest BCUT2D eigenvalue weighted by Crippen LogP contribution is 2.35. The summed E-state index contributed by atoms with van der Waals surface area (Å²) < 4.78 is 6.75. The van der Waals surface area contributed by atoms with E-state index in [1.165, 1.54) is 0 Å². The second kappa shape index (κ2) is 5.09. The van der Waals surface area contributed by atoms with Gasteiger partial charge < -0.3 is 10.5 Å². The number of halogens is 1. The van der Waals surface area contributed by atoms with Crippen molar-refractivity contribution in [3.63, 3.8) is 0 Å². The Labute approximate surface area is 124 Å². The molecule has 4 nitrogen and oxygen atoms in total. The van der Waals surface area contributed by atoms with Gasteiger partial charge in [-0.2, -0.15) is 4.98 Å². The van der Waals surface area contributed by atoms with Gasteiger partial charge in [0.05, 0.1) is 4.47 Å². The first-order chi connectivity index (χ1) is 9.65. The van der Waals surface area contributed by atoms with E-state index < -0.39 is 0 Å². The van der Waals surface area contributed by atoms with Gasteiger partial charge in [-0.3, -0.25) is 0 Å². The lowest BCUT2D eigenvalue weighted by Gasteiger charge is -2.11. The van der Waals surface area contributed by atoms with Crippen LogP contribution in [0.3, 0.4) is 0 Å². The predicted octanol–water partition coefficient (Wildman–Crippen LogP) is 4.08. The van der Waals surface area contributed by atoms with Crippen LogP contribution in [0.4, 0.5) is 5.95 Å². The first-order valence-electron chi connectivity index (χ1n) is 6.09. The lowest BCUT2D eigenvalue weighted by molar-refractivity contribution is 0.456. The molecule has 1 aromatic heterocycles. The number of nitrogens with zero attached hydrogens (tertiary/aromatic N) is 2. The fraction of sp³-hybridized carbons (Fsp3) is 0.0667. The first kappa shape index (κ1) is 12.9. The number of rotatable bonds is 2. The Kier molecular flexibility index (Phi) is 3.28. The number of hydrogen-bond acceptors (Lipinski definition) is 4. The number of nitrogen functional groups attached to an aromatic ring is 1. The van der Waals surface area contributed by atoms with Crippen LogP contribution in [-0.4, -0.2) is 9.97 Å². The van der Waals surface area contributed by atoms with E-state index in [0.29, 0.717) is 11.6 Å². The summed E-state index contributed by atoms with van der Waals surface area (Å²) in [5, 5.41) is 2.23. The number of fused-ring (bicyclic) bond motifs is 1. The zero-order valence-corrected chi connectivity index (χ0v) is 12.4. The molecule has 0 bridgehead atoms. The van der Waals surface area contributed by atoms with Crippen LogP contribution in [0, 0.1) is 6.92 Å². The fourth-order valence-corrected chi connectivity index (χ4v) is 2.51. The van der Waals surface area contributed by atoms with E-state index in [-0.39, 0.29) is 5.95 Å². The summed E-state index contributed by atoms with van der Waals surface area (Å²) in [6.07, 6.45) is 1.65. The molecule has 0 radical (unpaired) electrons. The molecule has 0 unspecified atom stereocenters. The van der Waals surface area contributed by atoms with Gasteiger partial charge in [0, 0.05) is 11.8 Å². The van der Waals surface area contributed by atoms with Crippen molar-refractivity contribution >= 4 is 32.7 Å². The smallest absolute Gasteiger partial charge is 0.227 e. The summed E-state index contributed by atoms with van der Waals surface area (Å²) >= 11 is 3.58. The van der Waals surface area contributed by atoms with Crippen molar-refractivity contribution in [3.8, 4) is 11.6 Å². The zero-order valence-electron chi connectivity index (χ0n) is 10.8. The molecule has 3 rings (SSSR count). The van der Waals surface area contributed by atoms with E-state index in [1.54, 1.807) is 6.20 Å². The normalized spacial score (nSPS) is 10.7. The van der Waals surface area contributed by atoms with Crippen molar-refractivity contribution in [2.75, 3.05) is 5.73 Å². The van der Waals surface area contributed by atoms with Crippen molar-refractivity contribution in [2.24, 2.45) is 0 Å². The number of anilines is 1. The van der Waals surface area contributed by atoms with Gasteiger partial charge in [0.15, 0.2) is 0 Å². The molecule has 100 valence electrons. The second-order valence-electron chi connectivity index (χ2n) is 4.42. The van der Waals surface area contributed by atoms with Crippen LogP contribution in [0.2, 0.25) is 0 Å². The molecule has 5 heteroatoms. The third-order valence-corrected chi connectivity index (χ3v) is 3.80. The fourth-order valence-electron chi connectivity index (χ4n) is 1.94. The minimum atomic E-state index is 0.197. The molecule has 0 aliphatic rings. The largest absolute Gasteiger partial charge is 0.437 e. The van der Waals surface area contributed by atoms with Crippen molar-refractivity contribution in [2.45, 2.75) is 6.92 Å². The molecule has 0 atom stereocenters. The number of ether oxygens (including phenoxy) is 1. The van der Waals surface area contributed by atoms with Gasteiger partial charge in [0.1, 0.15) is 5.75 Å². The molecule has 0 aliphatic heterocycles. The van der Waals surface area contributed by atoms with Gasteiger partial charge >= 0.3 is 0 Å². The van der Waals surface area contributed by atoms with Crippen LogP contribution in [0.15, 0.2) is 47.1 Å². The Morgan fingerprint density at radius 3 is 2.80 bits per heavy atom. The maximum atomic E-state index is 5.85. The molecule has 0 fully saturated rings. The highest BCUT2D eigenvalue weighted by molar-refractivity contribution is 9.10. The van der Waals surface area contributed by atoms with Gasteiger partial charge in [-0.25, -0.2) is 4.98 Å². The predicted molar refractivity (Wildman–Crippen MR) is 82.9 cm³/mol. The summed E-state index contributed by atoms with van der Waals surface area (Å²) in [5.41, 5.74) is 6.43. The van der Waals surface area contributed by atoms with Crippen LogP contribution in [-0.2, 0) is 0 Å². The van der Waals surface area contributed by atoms with Crippen LogP contribution in [0.1, 0.15) is 5.56 Å². The van der Waals surface area contributed by atoms with Gasteiger partial charge in [-0.05, 0) is 39.7 Å². The van der Waals surface area contributed by atoms with Crippen LogP contribution < -0.4 is 10.5 Å². The first-order valence-corrected chi connectivity index (χ1v) is 6.88. The van der Waals surface area contributed by atoms with E-state index in [4.69, 9.17) is 10.5 Å². The molecular weight excluding hydrogens is 318 g/mol. The highest BCUT2D eigenvalue weighted by Gasteiger charge is 2.10. The van der Waals surface area contributed by atoms with E-state index in [9.17, 15) is 0 Å². The third-order valence-electron chi connectivity index (χ3n) is 2.98. The number of aryl methyl sites for hydroxylation is 1. The quantitative estimate of drug-likeness (QED) is 0.769. The Balaban J connectivity index is 2.07. The van der Waals surface area contributed by atoms with Crippen molar-refractivity contribution in [1.82, 2.24) is 9.97 Å². The topological polar surface area (TPSA) is 61.0 Å². The zero-order chi connectivity index (χ0) is 14.1. The Morgan fingerprint density at radius 2 is 1.95 bits per heavy atom. The van der Waals surface area contributed by atoms with Gasteiger partial charge in [0.2, 0.25) is 11.8 Å². The van der Waals surface area contributed by atoms with Crippen molar-refractivity contribution in [3.05, 3.63) is 52.6 Å². The number of nitrogens with two attached hydrogens (primary N) is 1. The highest BCUT2D eigenvalue weighted by atomic mass is 79.9. The number of aromatic nitrogens is 2. The number of hydrogen-bond donors (Lipinski definition) is 1. The van der Waals surface area contributed by atoms with Crippen LogP contribution in [0.25, 0.3) is 10.8 Å². The van der Waals surface area contributed by atoms with Gasteiger partial charge in [-0.15, -0.1) is 0 Å². The van der Waals surface area contributed by atoms with Crippen LogP contribution in [0.5, 0.6) is 11.6 Å². The van der Waals surface area contributed by atoms with Gasteiger partial charge in [-0.1, -0.05) is 30.3 Å². The summed E-state index contributed by atoms with van der Waals surface area (Å²) in [6, 6.07) is 12.0. The molecule has 20 heavy (non-hydrogen) atoms. The summed E-state index contributed by atoms with van der Waals surface area (Å²) in [6.45, 7) is 1.88. The molecule has 0 saturated carbocycles. The molecule has 0 saturated heterocycles. The monoisotopic (exact) mass is 329 g/mol. The minimum absolute atomic E-state index is 0.197. The second-order valence-corrected chi connectivity index (χ2v) is 5.21. The Bertz CT molecular complexity index is 789. The summed E-state index contributed by atoms with van der Waals surface area (Å²) in [5.74, 6) is 1.36. The maximum absolute atomic E-state index is 5.85. The molecule has 1 heterocycles. The summed E-state index contributed by atoms with van der Waals surface area (Å²) in [7, 11) is 0. The molecular formula is C15H12BrN3O. The Morgan fingerprint density at radius 1 is 1.15 bits per heavy atom. The third kappa shape index (κ3) is 2.32. The average Bonchev–Trinajstić information content (AvgIpc) is 2.46. The Hall–Kier alpha value is -2.14. The SMILES string of the molecule is Cc1cnc(N)nc1Oc1ccc2ccccc2c1Br. The van der Waals surface area contributed by atoms with Crippen LogP contribution >= 0.6 is 15.9 Å². The molecule has 0 aliphatic carbocycles. The molecule has 0 spiro atoms. The number of benzene rings is 2. The maximum Gasteiger partial charge on any atom is 0.227 e. The standard InChI is InChI=1S/C15H12BrN3O/c1-9-8-18-15(17)19-14(9)20-12-7-6-10-4-2-3-5-11(10)13(12)16/h2-8H,1H3,(H2,17,18,19). The lowest BCUT2D eigenvalue weighted by Crippen LogP contribution is -1.99.